The lowest BCUT2D eigenvalue weighted by atomic mass is 9.85. The Bertz CT molecular complexity index is 565. The Hall–Kier alpha value is -2.04. The van der Waals surface area contributed by atoms with E-state index in [-0.39, 0.29) is 17.5 Å². The SMILES string of the molecule is CC(C)(C)OC(=O)NCc1cc(C(=O)O)cc(C(C)(C)C)c1. The number of carboxylic acid groups (broad SMARTS) is 1. The average Bonchev–Trinajstić information content (AvgIpc) is 2.33. The van der Waals surface area contributed by atoms with Crippen LogP contribution in [0.15, 0.2) is 18.2 Å². The number of carboxylic acids is 1. The highest BCUT2D eigenvalue weighted by Crippen LogP contribution is 2.24. The fraction of sp³-hybridized carbons (Fsp3) is 0.529. The normalized spacial score (nSPS) is 11.9. The topological polar surface area (TPSA) is 75.6 Å². The van der Waals surface area contributed by atoms with Crippen LogP contribution in [-0.2, 0) is 16.7 Å². The number of carbonyl (C=O) groups excluding carboxylic acids is 1. The second-order valence-corrected chi connectivity index (χ2v) is 7.33. The van der Waals surface area contributed by atoms with Gasteiger partial charge in [0.1, 0.15) is 5.60 Å². The van der Waals surface area contributed by atoms with Crippen LogP contribution in [0.2, 0.25) is 0 Å². The van der Waals surface area contributed by atoms with Gasteiger partial charge in [-0.05, 0) is 49.4 Å². The van der Waals surface area contributed by atoms with Crippen LogP contribution in [0.4, 0.5) is 4.79 Å². The fourth-order valence-electron chi connectivity index (χ4n) is 1.84. The number of nitrogens with one attached hydrogen (secondary N) is 1. The van der Waals surface area contributed by atoms with E-state index in [2.05, 4.69) is 5.32 Å². The van der Waals surface area contributed by atoms with Gasteiger partial charge in [0.05, 0.1) is 5.56 Å². The van der Waals surface area contributed by atoms with E-state index in [4.69, 9.17) is 4.74 Å². The molecule has 0 radical (unpaired) electrons. The van der Waals surface area contributed by atoms with Crippen molar-refractivity contribution in [2.75, 3.05) is 0 Å². The summed E-state index contributed by atoms with van der Waals surface area (Å²) >= 11 is 0. The molecule has 0 aliphatic rings. The highest BCUT2D eigenvalue weighted by molar-refractivity contribution is 5.88. The van der Waals surface area contributed by atoms with Crippen LogP contribution in [0.1, 0.15) is 63.0 Å². The lowest BCUT2D eigenvalue weighted by Gasteiger charge is -2.22. The molecule has 0 aliphatic heterocycles. The molecular formula is C17H25NO4. The minimum absolute atomic E-state index is 0.174. The van der Waals surface area contributed by atoms with Gasteiger partial charge < -0.3 is 15.2 Å². The first-order chi connectivity index (χ1) is 9.88. The van der Waals surface area contributed by atoms with Gasteiger partial charge in [0.15, 0.2) is 0 Å². The monoisotopic (exact) mass is 307 g/mol. The average molecular weight is 307 g/mol. The molecule has 5 heteroatoms. The van der Waals surface area contributed by atoms with Crippen LogP contribution >= 0.6 is 0 Å². The maximum atomic E-state index is 11.7. The van der Waals surface area contributed by atoms with Crippen molar-refractivity contribution in [3.8, 4) is 0 Å². The van der Waals surface area contributed by atoms with Crippen molar-refractivity contribution in [2.24, 2.45) is 0 Å². The zero-order valence-corrected chi connectivity index (χ0v) is 14.1. The van der Waals surface area contributed by atoms with E-state index in [1.807, 2.05) is 26.8 Å². The Balaban J connectivity index is 2.93. The van der Waals surface area contributed by atoms with Crippen molar-refractivity contribution in [2.45, 2.75) is 59.1 Å². The largest absolute Gasteiger partial charge is 0.478 e. The van der Waals surface area contributed by atoms with Crippen molar-refractivity contribution >= 4 is 12.1 Å². The first-order valence-corrected chi connectivity index (χ1v) is 7.23. The van der Waals surface area contributed by atoms with Crippen LogP contribution in [0.25, 0.3) is 0 Å². The molecule has 0 saturated carbocycles. The number of hydrogen-bond donors (Lipinski definition) is 2. The van der Waals surface area contributed by atoms with E-state index in [0.717, 1.165) is 11.1 Å². The zero-order valence-electron chi connectivity index (χ0n) is 14.1. The van der Waals surface area contributed by atoms with Gasteiger partial charge >= 0.3 is 12.1 Å². The Morgan fingerprint density at radius 2 is 1.68 bits per heavy atom. The third kappa shape index (κ3) is 5.76. The molecule has 0 heterocycles. The van der Waals surface area contributed by atoms with Gasteiger partial charge in [0, 0.05) is 6.54 Å². The fourth-order valence-corrected chi connectivity index (χ4v) is 1.84. The smallest absolute Gasteiger partial charge is 0.407 e. The van der Waals surface area contributed by atoms with E-state index < -0.39 is 17.7 Å². The summed E-state index contributed by atoms with van der Waals surface area (Å²) in [5.41, 5.74) is 1.12. The summed E-state index contributed by atoms with van der Waals surface area (Å²) < 4.78 is 5.17. The van der Waals surface area contributed by atoms with Crippen LogP contribution in [-0.4, -0.2) is 22.8 Å². The van der Waals surface area contributed by atoms with Crippen molar-refractivity contribution in [3.05, 3.63) is 34.9 Å². The Morgan fingerprint density at radius 1 is 1.09 bits per heavy atom. The Labute approximate surface area is 131 Å². The van der Waals surface area contributed by atoms with Gasteiger partial charge in [0.2, 0.25) is 0 Å². The zero-order chi connectivity index (χ0) is 17.1. The van der Waals surface area contributed by atoms with E-state index >= 15 is 0 Å². The third-order valence-electron chi connectivity index (χ3n) is 2.94. The molecule has 0 fully saturated rings. The Kier molecular flexibility index (Phi) is 5.22. The standard InChI is InChI=1S/C17H25NO4/c1-16(2,3)13-8-11(7-12(9-13)14(19)20)10-18-15(21)22-17(4,5)6/h7-9H,10H2,1-6H3,(H,18,21)(H,19,20). The van der Waals surface area contributed by atoms with Gasteiger partial charge in [-0.1, -0.05) is 26.8 Å². The highest BCUT2D eigenvalue weighted by atomic mass is 16.6. The molecule has 0 atom stereocenters. The summed E-state index contributed by atoms with van der Waals surface area (Å²) in [6.07, 6.45) is -0.523. The number of amides is 1. The summed E-state index contributed by atoms with van der Waals surface area (Å²) in [7, 11) is 0. The summed E-state index contributed by atoms with van der Waals surface area (Å²) in [5.74, 6) is -0.982. The molecule has 0 unspecified atom stereocenters. The first kappa shape index (κ1) is 18.0. The summed E-state index contributed by atoms with van der Waals surface area (Å²) in [6, 6.07) is 5.14. The van der Waals surface area contributed by atoms with Crippen LogP contribution in [0.5, 0.6) is 0 Å². The van der Waals surface area contributed by atoms with Crippen molar-refractivity contribution in [1.82, 2.24) is 5.32 Å². The van der Waals surface area contributed by atoms with Gasteiger partial charge in [-0.3, -0.25) is 0 Å². The molecule has 5 nitrogen and oxygen atoms in total. The van der Waals surface area contributed by atoms with Crippen molar-refractivity contribution < 1.29 is 19.4 Å². The predicted octanol–water partition coefficient (Wildman–Crippen LogP) is 3.71. The van der Waals surface area contributed by atoms with Gasteiger partial charge in [-0.15, -0.1) is 0 Å². The molecule has 0 spiro atoms. The summed E-state index contributed by atoms with van der Waals surface area (Å²) in [5, 5.41) is 11.9. The summed E-state index contributed by atoms with van der Waals surface area (Å²) in [6.45, 7) is 11.6. The highest BCUT2D eigenvalue weighted by Gasteiger charge is 2.19. The van der Waals surface area contributed by atoms with Crippen LogP contribution < -0.4 is 5.32 Å². The van der Waals surface area contributed by atoms with Crippen molar-refractivity contribution in [3.63, 3.8) is 0 Å². The number of hydrogen-bond acceptors (Lipinski definition) is 3. The molecule has 0 aromatic heterocycles. The number of ether oxygens (including phenoxy) is 1. The number of aromatic carboxylic acids is 1. The van der Waals surface area contributed by atoms with Crippen LogP contribution in [0, 0.1) is 0 Å². The molecule has 1 aromatic rings. The molecule has 122 valence electrons. The quantitative estimate of drug-likeness (QED) is 0.892. The molecule has 0 saturated heterocycles. The summed E-state index contributed by atoms with van der Waals surface area (Å²) in [4.78, 5) is 22.9. The molecule has 1 rings (SSSR count). The molecular weight excluding hydrogens is 282 g/mol. The van der Waals surface area contributed by atoms with Gasteiger partial charge in [0.25, 0.3) is 0 Å². The molecule has 2 N–H and O–H groups in total. The minimum atomic E-state index is -0.982. The number of carbonyl (C=O) groups is 2. The van der Waals surface area contributed by atoms with E-state index in [9.17, 15) is 14.7 Å². The molecule has 0 aliphatic carbocycles. The van der Waals surface area contributed by atoms with E-state index in [1.54, 1.807) is 32.9 Å². The maximum absolute atomic E-state index is 11.7. The molecule has 1 aromatic carbocycles. The number of alkyl carbamates (subject to hydrolysis) is 1. The Morgan fingerprint density at radius 3 is 2.14 bits per heavy atom. The maximum Gasteiger partial charge on any atom is 0.407 e. The third-order valence-corrected chi connectivity index (χ3v) is 2.94. The molecule has 1 amide bonds. The number of rotatable bonds is 3. The lowest BCUT2D eigenvalue weighted by Crippen LogP contribution is -2.32. The molecule has 0 bridgehead atoms. The van der Waals surface area contributed by atoms with Gasteiger partial charge in [-0.2, -0.15) is 0 Å². The molecule has 22 heavy (non-hydrogen) atoms. The second-order valence-electron chi connectivity index (χ2n) is 7.33. The first-order valence-electron chi connectivity index (χ1n) is 7.23. The minimum Gasteiger partial charge on any atom is -0.478 e. The van der Waals surface area contributed by atoms with E-state index in [1.165, 1.54) is 0 Å². The van der Waals surface area contributed by atoms with E-state index in [0.29, 0.717) is 0 Å². The predicted molar refractivity (Wildman–Crippen MR) is 85.2 cm³/mol. The van der Waals surface area contributed by atoms with Gasteiger partial charge in [-0.25, -0.2) is 9.59 Å². The van der Waals surface area contributed by atoms with Crippen LogP contribution in [0.3, 0.4) is 0 Å². The van der Waals surface area contributed by atoms with Crippen molar-refractivity contribution in [1.29, 1.82) is 0 Å². The lowest BCUT2D eigenvalue weighted by molar-refractivity contribution is 0.0523. The number of benzene rings is 1. The second kappa shape index (κ2) is 6.38.